The van der Waals surface area contributed by atoms with Crippen molar-refractivity contribution in [1.82, 2.24) is 0 Å². The van der Waals surface area contributed by atoms with E-state index in [-0.39, 0.29) is 6.04 Å². The van der Waals surface area contributed by atoms with Crippen LogP contribution in [0.2, 0.25) is 0 Å². The van der Waals surface area contributed by atoms with Gasteiger partial charge >= 0.3 is 0 Å². The van der Waals surface area contributed by atoms with Crippen molar-refractivity contribution in [3.63, 3.8) is 0 Å². The second-order valence-electron chi connectivity index (χ2n) is 4.89. The Morgan fingerprint density at radius 3 is 2.57 bits per heavy atom. The molecule has 3 N–H and O–H groups in total. The van der Waals surface area contributed by atoms with E-state index in [1.54, 1.807) is 0 Å². The topological polar surface area (TPSA) is 46.2 Å². The summed E-state index contributed by atoms with van der Waals surface area (Å²) in [7, 11) is 0. The molecule has 0 radical (unpaired) electrons. The lowest BCUT2D eigenvalue weighted by atomic mass is 9.94. The maximum Gasteiger partial charge on any atom is 0.0663 e. The Kier molecular flexibility index (Phi) is 4.90. The van der Waals surface area contributed by atoms with E-state index in [4.69, 9.17) is 5.73 Å². The molecule has 0 aromatic rings. The second kappa shape index (κ2) is 5.72. The molecule has 0 aromatic carbocycles. The van der Waals surface area contributed by atoms with Gasteiger partial charge in [0.15, 0.2) is 0 Å². The van der Waals surface area contributed by atoms with Gasteiger partial charge in [-0.05, 0) is 25.7 Å². The lowest BCUT2D eigenvalue weighted by molar-refractivity contribution is 0.0349. The molecule has 84 valence electrons. The summed E-state index contributed by atoms with van der Waals surface area (Å²) < 4.78 is 0. The van der Waals surface area contributed by atoms with E-state index in [1.165, 1.54) is 32.1 Å². The molecule has 2 nitrogen and oxygen atoms in total. The molecule has 0 spiro atoms. The maximum absolute atomic E-state index is 10.1. The van der Waals surface area contributed by atoms with E-state index in [9.17, 15) is 5.11 Å². The third-order valence-corrected chi connectivity index (χ3v) is 3.37. The highest BCUT2D eigenvalue weighted by Gasteiger charge is 2.34. The highest BCUT2D eigenvalue weighted by Crippen LogP contribution is 2.33. The first-order chi connectivity index (χ1) is 6.66. The smallest absolute Gasteiger partial charge is 0.0663 e. The van der Waals surface area contributed by atoms with Gasteiger partial charge in [0.25, 0.3) is 0 Å². The van der Waals surface area contributed by atoms with Crippen LogP contribution in [0.25, 0.3) is 0 Å². The van der Waals surface area contributed by atoms with Crippen LogP contribution in [0.3, 0.4) is 0 Å². The first-order valence-corrected chi connectivity index (χ1v) is 6.14. The van der Waals surface area contributed by atoms with E-state index < -0.39 is 5.60 Å². The van der Waals surface area contributed by atoms with Crippen molar-refractivity contribution < 1.29 is 5.11 Å². The Balaban J connectivity index is 2.05. The van der Waals surface area contributed by atoms with Gasteiger partial charge in [-0.3, -0.25) is 0 Å². The van der Waals surface area contributed by atoms with Gasteiger partial charge in [-0.2, -0.15) is 0 Å². The Hall–Kier alpha value is -0.0800. The summed E-state index contributed by atoms with van der Waals surface area (Å²) >= 11 is 0. The van der Waals surface area contributed by atoms with Crippen molar-refractivity contribution in [3.05, 3.63) is 0 Å². The van der Waals surface area contributed by atoms with Crippen molar-refractivity contribution in [2.45, 2.75) is 76.4 Å². The minimum Gasteiger partial charge on any atom is -0.390 e. The lowest BCUT2D eigenvalue weighted by Gasteiger charge is -2.22. The summed E-state index contributed by atoms with van der Waals surface area (Å²) in [6.45, 7) is 2.23. The average molecular weight is 199 g/mol. The largest absolute Gasteiger partial charge is 0.390 e. The summed E-state index contributed by atoms with van der Waals surface area (Å²) in [5.74, 6) is 0. The van der Waals surface area contributed by atoms with Crippen molar-refractivity contribution in [2.75, 3.05) is 0 Å². The highest BCUT2D eigenvalue weighted by atomic mass is 16.3. The summed E-state index contributed by atoms with van der Waals surface area (Å²) in [5, 5.41) is 10.1. The number of unbranched alkanes of at least 4 members (excludes halogenated alkanes) is 4. The van der Waals surface area contributed by atoms with Crippen LogP contribution in [-0.2, 0) is 0 Å². The quantitative estimate of drug-likeness (QED) is 0.646. The van der Waals surface area contributed by atoms with Gasteiger partial charge in [-0.25, -0.2) is 0 Å². The van der Waals surface area contributed by atoms with Crippen molar-refractivity contribution >= 4 is 0 Å². The van der Waals surface area contributed by atoms with Gasteiger partial charge in [0.05, 0.1) is 5.60 Å². The van der Waals surface area contributed by atoms with E-state index in [0.29, 0.717) is 0 Å². The molecule has 0 bridgehead atoms. The Labute approximate surface area is 87.9 Å². The van der Waals surface area contributed by atoms with E-state index in [0.717, 1.165) is 25.7 Å². The van der Waals surface area contributed by atoms with E-state index >= 15 is 0 Å². The fraction of sp³-hybridized carbons (Fsp3) is 1.00. The zero-order valence-corrected chi connectivity index (χ0v) is 9.47. The molecule has 0 aromatic heterocycles. The molecule has 1 aliphatic carbocycles. The van der Waals surface area contributed by atoms with Crippen LogP contribution in [0.15, 0.2) is 0 Å². The standard InChI is InChI=1S/C12H25NO/c1-2-3-4-5-6-8-12(14)9-7-11(13)10-12/h11,14H,2-10,13H2,1H3. The normalized spacial score (nSPS) is 32.4. The molecule has 0 saturated heterocycles. The van der Waals surface area contributed by atoms with Crippen LogP contribution in [0.5, 0.6) is 0 Å². The first kappa shape index (κ1) is 12.0. The monoisotopic (exact) mass is 199 g/mol. The maximum atomic E-state index is 10.1. The number of hydrogen-bond acceptors (Lipinski definition) is 2. The molecule has 14 heavy (non-hydrogen) atoms. The predicted octanol–water partition coefficient (Wildman–Crippen LogP) is 2.59. The zero-order valence-electron chi connectivity index (χ0n) is 9.47. The van der Waals surface area contributed by atoms with Gasteiger partial charge in [0.2, 0.25) is 0 Å². The second-order valence-corrected chi connectivity index (χ2v) is 4.89. The fourth-order valence-electron chi connectivity index (χ4n) is 2.43. The number of nitrogens with two attached hydrogens (primary N) is 1. The molecule has 2 atom stereocenters. The van der Waals surface area contributed by atoms with Crippen LogP contribution in [-0.4, -0.2) is 16.7 Å². The SMILES string of the molecule is CCCCCCCC1(O)CCC(N)C1. The fourth-order valence-corrected chi connectivity index (χ4v) is 2.43. The third kappa shape index (κ3) is 3.97. The summed E-state index contributed by atoms with van der Waals surface area (Å²) in [5.41, 5.74) is 5.39. The molecule has 0 heterocycles. The van der Waals surface area contributed by atoms with Crippen LogP contribution in [0.4, 0.5) is 0 Å². The molecule has 0 amide bonds. The molecule has 1 rings (SSSR count). The molecule has 1 aliphatic rings. The highest BCUT2D eigenvalue weighted by molar-refractivity contribution is 4.90. The van der Waals surface area contributed by atoms with Crippen molar-refractivity contribution in [1.29, 1.82) is 0 Å². The van der Waals surface area contributed by atoms with Crippen LogP contribution < -0.4 is 5.73 Å². The lowest BCUT2D eigenvalue weighted by Crippen LogP contribution is -2.27. The summed E-state index contributed by atoms with van der Waals surface area (Å²) in [6, 6.07) is 0.246. The average Bonchev–Trinajstić information content (AvgIpc) is 2.47. The van der Waals surface area contributed by atoms with Gasteiger partial charge in [0, 0.05) is 6.04 Å². The number of hydrogen-bond donors (Lipinski definition) is 2. The van der Waals surface area contributed by atoms with E-state index in [2.05, 4.69) is 6.92 Å². The van der Waals surface area contributed by atoms with Gasteiger partial charge in [0.1, 0.15) is 0 Å². The molecule has 1 saturated carbocycles. The van der Waals surface area contributed by atoms with Gasteiger partial charge in [-0.15, -0.1) is 0 Å². The number of rotatable bonds is 6. The third-order valence-electron chi connectivity index (χ3n) is 3.37. The Morgan fingerprint density at radius 2 is 2.00 bits per heavy atom. The van der Waals surface area contributed by atoms with Crippen LogP contribution >= 0.6 is 0 Å². The van der Waals surface area contributed by atoms with Crippen molar-refractivity contribution in [3.8, 4) is 0 Å². The van der Waals surface area contributed by atoms with Crippen molar-refractivity contribution in [2.24, 2.45) is 5.73 Å². The first-order valence-electron chi connectivity index (χ1n) is 6.14. The molecule has 2 unspecified atom stereocenters. The minimum absolute atomic E-state index is 0.246. The van der Waals surface area contributed by atoms with Crippen LogP contribution in [0.1, 0.15) is 64.7 Å². The Morgan fingerprint density at radius 1 is 1.29 bits per heavy atom. The summed E-state index contributed by atoms with van der Waals surface area (Å²) in [6.07, 6.45) is 10.1. The zero-order chi connectivity index (χ0) is 10.4. The number of aliphatic hydroxyl groups is 1. The Bertz CT molecular complexity index is 160. The van der Waals surface area contributed by atoms with E-state index in [1.807, 2.05) is 0 Å². The summed E-state index contributed by atoms with van der Waals surface area (Å²) in [4.78, 5) is 0. The molecular weight excluding hydrogens is 174 g/mol. The minimum atomic E-state index is -0.411. The molecule has 0 aliphatic heterocycles. The molecule has 1 fully saturated rings. The van der Waals surface area contributed by atoms with Gasteiger partial charge in [-0.1, -0.05) is 39.0 Å². The predicted molar refractivity (Wildman–Crippen MR) is 60.2 cm³/mol. The molecular formula is C12H25NO. The molecule has 2 heteroatoms. The van der Waals surface area contributed by atoms with Crippen LogP contribution in [0, 0.1) is 0 Å². The van der Waals surface area contributed by atoms with Gasteiger partial charge < -0.3 is 10.8 Å².